The fourth-order valence-corrected chi connectivity index (χ4v) is 3.95. The van der Waals surface area contributed by atoms with Gasteiger partial charge in [0.1, 0.15) is 11.6 Å². The first-order valence-corrected chi connectivity index (χ1v) is 10.2. The normalized spacial score (nSPS) is 12.9. The van der Waals surface area contributed by atoms with Crippen LogP contribution in [0.2, 0.25) is 0 Å². The summed E-state index contributed by atoms with van der Waals surface area (Å²) in [6.45, 7) is 5.18. The second-order valence-electron chi connectivity index (χ2n) is 7.81. The van der Waals surface area contributed by atoms with Gasteiger partial charge in [0.15, 0.2) is 0 Å². The summed E-state index contributed by atoms with van der Waals surface area (Å²) < 4.78 is 7.08. The molecule has 7 heteroatoms. The second kappa shape index (κ2) is 8.26. The number of benzene rings is 1. The molecule has 1 aliphatic rings. The highest BCUT2D eigenvalue weighted by Gasteiger charge is 2.25. The predicted molar refractivity (Wildman–Crippen MR) is 113 cm³/mol. The van der Waals surface area contributed by atoms with Crippen LogP contribution in [0, 0.1) is 13.8 Å². The first-order chi connectivity index (χ1) is 14.4. The third kappa shape index (κ3) is 4.06. The second-order valence-corrected chi connectivity index (χ2v) is 7.81. The number of ether oxygens (including phenoxy) is 1. The molecule has 3 heterocycles. The van der Waals surface area contributed by atoms with Crippen LogP contribution in [0.5, 0.6) is 5.75 Å². The van der Waals surface area contributed by atoms with E-state index in [4.69, 9.17) is 9.72 Å². The molecule has 0 spiro atoms. The summed E-state index contributed by atoms with van der Waals surface area (Å²) in [5, 5.41) is 4.44. The summed E-state index contributed by atoms with van der Waals surface area (Å²) in [4.78, 5) is 23.9. The third-order valence-corrected chi connectivity index (χ3v) is 5.83. The zero-order valence-electron chi connectivity index (χ0n) is 18.0. The van der Waals surface area contributed by atoms with E-state index in [0.29, 0.717) is 32.4 Å². The predicted octanol–water partition coefficient (Wildman–Crippen LogP) is 2.90. The summed E-state index contributed by atoms with van der Waals surface area (Å²) in [7, 11) is 3.59. The number of fused-ring (bicyclic) bond motifs is 1. The van der Waals surface area contributed by atoms with Crippen molar-refractivity contribution in [1.82, 2.24) is 24.6 Å². The molecular weight excluding hydrogens is 378 g/mol. The molecule has 3 aromatic rings. The van der Waals surface area contributed by atoms with Crippen LogP contribution in [-0.2, 0) is 37.8 Å². The Kier molecular flexibility index (Phi) is 5.53. The van der Waals surface area contributed by atoms with Crippen LogP contribution in [0.15, 0.2) is 30.5 Å². The zero-order chi connectivity index (χ0) is 21.3. The van der Waals surface area contributed by atoms with Crippen LogP contribution in [0.4, 0.5) is 0 Å². The van der Waals surface area contributed by atoms with E-state index in [0.717, 1.165) is 39.8 Å². The fraction of sp³-hybridized carbons (Fsp3) is 0.391. The summed E-state index contributed by atoms with van der Waals surface area (Å²) in [5.74, 6) is 1.75. The topological polar surface area (TPSA) is 73.1 Å². The molecule has 0 unspecified atom stereocenters. The first kappa shape index (κ1) is 20.1. The van der Waals surface area contributed by atoms with Crippen molar-refractivity contribution in [2.24, 2.45) is 7.05 Å². The molecule has 30 heavy (non-hydrogen) atoms. The van der Waals surface area contributed by atoms with Gasteiger partial charge in [-0.2, -0.15) is 5.10 Å². The Hall–Kier alpha value is -3.22. The van der Waals surface area contributed by atoms with Gasteiger partial charge in [-0.1, -0.05) is 12.1 Å². The third-order valence-electron chi connectivity index (χ3n) is 5.83. The number of rotatable bonds is 6. The van der Waals surface area contributed by atoms with E-state index in [-0.39, 0.29) is 5.91 Å². The number of methoxy groups -OCH3 is 1. The maximum atomic E-state index is 12.8. The average molecular weight is 406 g/mol. The van der Waals surface area contributed by atoms with Gasteiger partial charge in [-0.15, -0.1) is 0 Å². The van der Waals surface area contributed by atoms with Crippen molar-refractivity contribution < 1.29 is 9.53 Å². The SMILES string of the molecule is COc1ccc(Cc2ncc3c(n2)CN(C(=O)CCc2c(C)nn(C)c2C)C3)cc1. The van der Waals surface area contributed by atoms with E-state index in [1.807, 2.05) is 60.9 Å². The Morgan fingerprint density at radius 3 is 2.60 bits per heavy atom. The van der Waals surface area contributed by atoms with Crippen LogP contribution >= 0.6 is 0 Å². The molecule has 0 aliphatic carbocycles. The van der Waals surface area contributed by atoms with Gasteiger partial charge in [-0.3, -0.25) is 9.48 Å². The van der Waals surface area contributed by atoms with Crippen LogP contribution in [0.1, 0.15) is 46.0 Å². The monoisotopic (exact) mass is 405 g/mol. The lowest BCUT2D eigenvalue weighted by atomic mass is 10.1. The number of hydrogen-bond acceptors (Lipinski definition) is 5. The van der Waals surface area contributed by atoms with E-state index in [1.165, 1.54) is 5.56 Å². The van der Waals surface area contributed by atoms with E-state index in [1.54, 1.807) is 7.11 Å². The Labute approximate surface area is 176 Å². The molecule has 0 saturated carbocycles. The van der Waals surface area contributed by atoms with Gasteiger partial charge in [0.2, 0.25) is 5.91 Å². The van der Waals surface area contributed by atoms with E-state index < -0.39 is 0 Å². The number of nitrogens with zero attached hydrogens (tertiary/aromatic N) is 5. The molecule has 7 nitrogen and oxygen atoms in total. The van der Waals surface area contributed by atoms with E-state index in [2.05, 4.69) is 10.1 Å². The Morgan fingerprint density at radius 1 is 1.17 bits per heavy atom. The largest absolute Gasteiger partial charge is 0.497 e. The van der Waals surface area contributed by atoms with Crippen molar-refractivity contribution in [3.05, 3.63) is 70.1 Å². The van der Waals surface area contributed by atoms with Gasteiger partial charge in [0, 0.05) is 43.9 Å². The van der Waals surface area contributed by atoms with Crippen LogP contribution in [0.3, 0.4) is 0 Å². The van der Waals surface area contributed by atoms with Gasteiger partial charge in [-0.25, -0.2) is 9.97 Å². The maximum absolute atomic E-state index is 12.8. The van der Waals surface area contributed by atoms with Gasteiger partial charge >= 0.3 is 0 Å². The minimum Gasteiger partial charge on any atom is -0.497 e. The molecule has 0 atom stereocenters. The van der Waals surface area contributed by atoms with Crippen molar-refractivity contribution in [3.8, 4) is 5.75 Å². The molecule has 2 aromatic heterocycles. The molecular formula is C23H27N5O2. The number of carbonyl (C=O) groups excluding carboxylic acids is 1. The van der Waals surface area contributed by atoms with Crippen LogP contribution in [0.25, 0.3) is 0 Å². The van der Waals surface area contributed by atoms with Crippen LogP contribution in [-0.4, -0.2) is 37.7 Å². The smallest absolute Gasteiger partial charge is 0.223 e. The fourth-order valence-electron chi connectivity index (χ4n) is 3.95. The minimum atomic E-state index is 0.146. The summed E-state index contributed by atoms with van der Waals surface area (Å²) in [5.41, 5.74) is 6.42. The number of carbonyl (C=O) groups is 1. The molecule has 4 rings (SSSR count). The number of aromatic nitrogens is 4. The van der Waals surface area contributed by atoms with Gasteiger partial charge in [-0.05, 0) is 43.5 Å². The van der Waals surface area contributed by atoms with Gasteiger partial charge in [0.25, 0.3) is 0 Å². The van der Waals surface area contributed by atoms with Crippen molar-refractivity contribution in [1.29, 1.82) is 0 Å². The minimum absolute atomic E-state index is 0.146. The van der Waals surface area contributed by atoms with E-state index >= 15 is 0 Å². The van der Waals surface area contributed by atoms with E-state index in [9.17, 15) is 4.79 Å². The van der Waals surface area contributed by atoms with Crippen molar-refractivity contribution >= 4 is 5.91 Å². The molecule has 156 valence electrons. The Morgan fingerprint density at radius 2 is 1.93 bits per heavy atom. The number of hydrogen-bond donors (Lipinski definition) is 0. The molecule has 0 N–H and O–H groups in total. The lowest BCUT2D eigenvalue weighted by Gasteiger charge is -2.15. The van der Waals surface area contributed by atoms with Crippen molar-refractivity contribution in [2.75, 3.05) is 7.11 Å². The molecule has 0 fully saturated rings. The molecule has 0 radical (unpaired) electrons. The zero-order valence-corrected chi connectivity index (χ0v) is 18.0. The van der Waals surface area contributed by atoms with Gasteiger partial charge in [0.05, 0.1) is 25.0 Å². The highest BCUT2D eigenvalue weighted by atomic mass is 16.5. The first-order valence-electron chi connectivity index (χ1n) is 10.2. The molecule has 0 bridgehead atoms. The molecule has 1 aliphatic heterocycles. The lowest BCUT2D eigenvalue weighted by Crippen LogP contribution is -2.25. The Bertz CT molecular complexity index is 1070. The standard InChI is InChI=1S/C23H27N5O2/c1-15-20(16(2)27(3)26-15)9-10-23(29)28-13-18-12-24-22(25-21(18)14-28)11-17-5-7-19(30-4)8-6-17/h5-8,12H,9-11,13-14H2,1-4H3. The summed E-state index contributed by atoms with van der Waals surface area (Å²) >= 11 is 0. The lowest BCUT2D eigenvalue weighted by molar-refractivity contribution is -0.131. The van der Waals surface area contributed by atoms with Crippen molar-refractivity contribution in [2.45, 2.75) is 46.2 Å². The van der Waals surface area contributed by atoms with Crippen molar-refractivity contribution in [3.63, 3.8) is 0 Å². The van der Waals surface area contributed by atoms with Crippen LogP contribution < -0.4 is 4.74 Å². The highest BCUT2D eigenvalue weighted by Crippen LogP contribution is 2.23. The quantitative estimate of drug-likeness (QED) is 0.631. The number of aryl methyl sites for hydroxylation is 2. The highest BCUT2D eigenvalue weighted by molar-refractivity contribution is 5.77. The Balaban J connectivity index is 1.38. The summed E-state index contributed by atoms with van der Waals surface area (Å²) in [6.07, 6.45) is 3.72. The molecule has 1 aromatic carbocycles. The average Bonchev–Trinajstić information content (AvgIpc) is 3.27. The maximum Gasteiger partial charge on any atom is 0.223 e. The molecule has 1 amide bonds. The summed E-state index contributed by atoms with van der Waals surface area (Å²) in [6, 6.07) is 7.92. The number of amides is 1. The molecule has 0 saturated heterocycles. The van der Waals surface area contributed by atoms with Gasteiger partial charge < -0.3 is 9.64 Å².